The number of anilines is 1. The van der Waals surface area contributed by atoms with Gasteiger partial charge in [-0.1, -0.05) is 25.0 Å². The molecule has 4 rings (SSSR count). The van der Waals surface area contributed by atoms with Crippen molar-refractivity contribution >= 4 is 35.3 Å². The quantitative estimate of drug-likeness (QED) is 0.868. The summed E-state index contributed by atoms with van der Waals surface area (Å²) in [6.07, 6.45) is 6.38. The van der Waals surface area contributed by atoms with Crippen LogP contribution in [0, 0.1) is 11.3 Å². The van der Waals surface area contributed by atoms with Crippen LogP contribution in [0.25, 0.3) is 10.6 Å². The van der Waals surface area contributed by atoms with Crippen LogP contribution in [0.4, 0.5) is 5.69 Å². The zero-order valence-electron chi connectivity index (χ0n) is 13.5. The molecule has 1 aromatic heterocycles. The monoisotopic (exact) mass is 363 g/mol. The third-order valence-corrected chi connectivity index (χ3v) is 6.11. The van der Waals surface area contributed by atoms with Crippen LogP contribution in [0.5, 0.6) is 0 Å². The van der Waals surface area contributed by atoms with Crippen LogP contribution in [0.1, 0.15) is 25.7 Å². The van der Waals surface area contributed by atoms with Gasteiger partial charge in [-0.3, -0.25) is 4.79 Å². The van der Waals surface area contributed by atoms with E-state index in [4.69, 9.17) is 0 Å². The van der Waals surface area contributed by atoms with Gasteiger partial charge < -0.3 is 10.6 Å². The number of carbonyl (C=O) groups is 1. The highest BCUT2D eigenvalue weighted by molar-refractivity contribution is 7.13. The summed E-state index contributed by atoms with van der Waals surface area (Å²) < 4.78 is 0. The molecule has 2 heterocycles. The molecule has 1 aromatic carbocycles. The fourth-order valence-electron chi connectivity index (χ4n) is 4.04. The first-order valence-corrected chi connectivity index (χ1v) is 9.18. The molecule has 0 bridgehead atoms. The minimum atomic E-state index is -0.213. The van der Waals surface area contributed by atoms with Crippen molar-refractivity contribution in [2.45, 2.75) is 25.7 Å². The van der Waals surface area contributed by atoms with E-state index in [9.17, 15) is 4.79 Å². The lowest BCUT2D eigenvalue weighted by Crippen LogP contribution is -2.44. The van der Waals surface area contributed by atoms with Crippen molar-refractivity contribution in [2.75, 3.05) is 18.4 Å². The van der Waals surface area contributed by atoms with Crippen LogP contribution in [0.15, 0.2) is 35.8 Å². The summed E-state index contributed by atoms with van der Waals surface area (Å²) in [5.74, 6) is 0.668. The summed E-state index contributed by atoms with van der Waals surface area (Å²) in [7, 11) is 0. The van der Waals surface area contributed by atoms with Crippen LogP contribution in [-0.2, 0) is 4.79 Å². The topological polar surface area (TPSA) is 54.0 Å². The Kier molecular flexibility index (Phi) is 5.23. The largest absolute Gasteiger partial charge is 0.326 e. The van der Waals surface area contributed by atoms with Crippen LogP contribution >= 0.6 is 23.7 Å². The molecular weight excluding hydrogens is 342 g/mol. The van der Waals surface area contributed by atoms with Crippen molar-refractivity contribution < 1.29 is 4.79 Å². The summed E-state index contributed by atoms with van der Waals surface area (Å²) in [6.45, 7) is 1.79. The number of thiazole rings is 1. The van der Waals surface area contributed by atoms with Gasteiger partial charge in [-0.05, 0) is 37.4 Å². The summed E-state index contributed by atoms with van der Waals surface area (Å²) in [4.78, 5) is 17.3. The average Bonchev–Trinajstić information content (AvgIpc) is 3.25. The maximum atomic E-state index is 13.0. The van der Waals surface area contributed by atoms with Crippen molar-refractivity contribution in [2.24, 2.45) is 11.3 Å². The van der Waals surface area contributed by atoms with Gasteiger partial charge in [-0.2, -0.15) is 0 Å². The number of rotatable bonds is 3. The number of amides is 1. The van der Waals surface area contributed by atoms with Crippen LogP contribution in [0.2, 0.25) is 0 Å². The average molecular weight is 364 g/mol. The lowest BCUT2D eigenvalue weighted by Gasteiger charge is -2.37. The summed E-state index contributed by atoms with van der Waals surface area (Å²) >= 11 is 1.61. The molecule has 0 unspecified atom stereocenters. The van der Waals surface area contributed by atoms with Crippen LogP contribution in [-0.4, -0.2) is 24.0 Å². The molecule has 1 aliphatic carbocycles. The maximum absolute atomic E-state index is 13.0. The van der Waals surface area contributed by atoms with E-state index in [1.165, 1.54) is 12.8 Å². The third-order valence-electron chi connectivity index (χ3n) is 5.29. The van der Waals surface area contributed by atoms with Crippen molar-refractivity contribution in [1.82, 2.24) is 10.3 Å². The van der Waals surface area contributed by atoms with Gasteiger partial charge in [-0.25, -0.2) is 4.98 Å². The molecule has 1 aliphatic heterocycles. The van der Waals surface area contributed by atoms with Crippen molar-refractivity contribution in [3.8, 4) is 10.6 Å². The molecule has 4 nitrogen and oxygen atoms in total. The van der Waals surface area contributed by atoms with Crippen molar-refractivity contribution in [3.05, 3.63) is 35.8 Å². The number of carbonyl (C=O) groups excluding carboxylic acids is 1. The molecule has 1 saturated heterocycles. The smallest absolute Gasteiger partial charge is 0.232 e. The van der Waals surface area contributed by atoms with E-state index in [2.05, 4.69) is 15.6 Å². The Morgan fingerprint density at radius 3 is 3.12 bits per heavy atom. The first-order chi connectivity index (χ1) is 11.3. The van der Waals surface area contributed by atoms with E-state index in [1.54, 1.807) is 17.5 Å². The highest BCUT2D eigenvalue weighted by Crippen LogP contribution is 2.44. The molecule has 2 fully saturated rings. The molecule has 128 valence electrons. The highest BCUT2D eigenvalue weighted by atomic mass is 35.5. The first kappa shape index (κ1) is 17.4. The van der Waals surface area contributed by atoms with E-state index in [0.717, 1.165) is 42.2 Å². The molecule has 2 atom stereocenters. The molecule has 2 aliphatic rings. The molecule has 0 radical (unpaired) electrons. The fourth-order valence-corrected chi connectivity index (χ4v) is 4.68. The number of aromatic nitrogens is 1. The Hall–Kier alpha value is -1.43. The van der Waals surface area contributed by atoms with Crippen molar-refractivity contribution in [3.63, 3.8) is 0 Å². The van der Waals surface area contributed by atoms with Crippen molar-refractivity contribution in [1.29, 1.82) is 0 Å². The molecule has 0 spiro atoms. The number of halogens is 1. The van der Waals surface area contributed by atoms with Gasteiger partial charge in [0.1, 0.15) is 5.01 Å². The zero-order chi connectivity index (χ0) is 15.7. The molecule has 2 N–H and O–H groups in total. The lowest BCUT2D eigenvalue weighted by atomic mass is 9.67. The Morgan fingerprint density at radius 2 is 2.29 bits per heavy atom. The molecular formula is C18H22ClN3OS. The number of nitrogens with zero attached hydrogens (tertiary/aromatic N) is 1. The second-order valence-corrected chi connectivity index (χ2v) is 7.50. The molecule has 1 amide bonds. The Balaban J connectivity index is 0.00000169. The molecule has 6 heteroatoms. The summed E-state index contributed by atoms with van der Waals surface area (Å²) in [5, 5.41) is 9.56. The van der Waals surface area contributed by atoms with E-state index < -0.39 is 0 Å². The highest BCUT2D eigenvalue weighted by Gasteiger charge is 2.49. The Morgan fingerprint density at radius 1 is 1.38 bits per heavy atom. The third kappa shape index (κ3) is 3.08. The lowest BCUT2D eigenvalue weighted by molar-refractivity contribution is -0.128. The van der Waals surface area contributed by atoms with Gasteiger partial charge in [0.2, 0.25) is 5.91 Å². The second-order valence-electron chi connectivity index (χ2n) is 6.60. The van der Waals surface area contributed by atoms with Gasteiger partial charge >= 0.3 is 0 Å². The molecule has 1 saturated carbocycles. The maximum Gasteiger partial charge on any atom is 0.232 e. The summed E-state index contributed by atoms with van der Waals surface area (Å²) in [5.41, 5.74) is 1.71. The predicted octanol–water partition coefficient (Wildman–Crippen LogP) is 3.95. The van der Waals surface area contributed by atoms with E-state index in [1.807, 2.05) is 29.6 Å². The number of nitrogens with one attached hydrogen (secondary N) is 2. The predicted molar refractivity (Wildman–Crippen MR) is 101 cm³/mol. The zero-order valence-corrected chi connectivity index (χ0v) is 15.1. The Labute approximate surface area is 152 Å². The number of hydrogen-bond acceptors (Lipinski definition) is 4. The van der Waals surface area contributed by atoms with E-state index >= 15 is 0 Å². The number of fused-ring (bicyclic) bond motifs is 1. The standard InChI is InChI=1S/C18H21N3OS.ClH/c22-17(18-7-2-1-5-14(18)11-19-12-18)21-15-6-3-4-13(10-15)16-20-8-9-23-16;/h3-4,6,8-10,14,19H,1-2,5,7,11-12H2,(H,21,22);1H/t14-,18+;/m0./s1. The molecule has 2 aromatic rings. The number of benzene rings is 1. The minimum absolute atomic E-state index is 0. The van der Waals surface area contributed by atoms with Gasteiger partial charge in [0.05, 0.1) is 5.41 Å². The van der Waals surface area contributed by atoms with E-state index in [0.29, 0.717) is 5.92 Å². The number of hydrogen-bond donors (Lipinski definition) is 2. The fraction of sp³-hybridized carbons (Fsp3) is 0.444. The van der Waals surface area contributed by atoms with Gasteiger partial charge in [-0.15, -0.1) is 23.7 Å². The summed E-state index contributed by atoms with van der Waals surface area (Å²) in [6, 6.07) is 8.00. The van der Waals surface area contributed by atoms with Crippen LogP contribution < -0.4 is 10.6 Å². The van der Waals surface area contributed by atoms with Gasteiger partial charge in [0.25, 0.3) is 0 Å². The van der Waals surface area contributed by atoms with Gasteiger partial charge in [0.15, 0.2) is 0 Å². The SMILES string of the molecule is Cl.O=C(Nc1cccc(-c2nccs2)c1)[C@@]12CCCC[C@H]1CNC2. The molecule has 24 heavy (non-hydrogen) atoms. The second kappa shape index (κ2) is 7.21. The van der Waals surface area contributed by atoms with E-state index in [-0.39, 0.29) is 23.7 Å². The van der Waals surface area contributed by atoms with Crippen LogP contribution in [0.3, 0.4) is 0 Å². The first-order valence-electron chi connectivity index (χ1n) is 8.30. The van der Waals surface area contributed by atoms with Gasteiger partial charge in [0, 0.05) is 29.4 Å². The normalized spacial score (nSPS) is 25.6. The minimum Gasteiger partial charge on any atom is -0.326 e. The Bertz CT molecular complexity index is 706.